The van der Waals surface area contributed by atoms with Gasteiger partial charge >= 0.3 is 5.97 Å². The normalized spacial score (nSPS) is 30.4. The highest BCUT2D eigenvalue weighted by molar-refractivity contribution is 5.72. The van der Waals surface area contributed by atoms with Gasteiger partial charge in [-0.1, -0.05) is 0 Å². The monoisotopic (exact) mass is 157 g/mol. The third kappa shape index (κ3) is 1.93. The van der Waals surface area contributed by atoms with E-state index in [1.165, 1.54) is 7.11 Å². The minimum Gasteiger partial charge on any atom is -0.469 e. The highest BCUT2D eigenvalue weighted by Crippen LogP contribution is 2.25. The second-order valence-corrected chi connectivity index (χ2v) is 3.02. The first-order chi connectivity index (χ1) is 5.27. The van der Waals surface area contributed by atoms with Crippen LogP contribution in [0.15, 0.2) is 0 Å². The molecule has 0 amide bonds. The third-order valence-electron chi connectivity index (χ3n) is 2.38. The van der Waals surface area contributed by atoms with Crippen LogP contribution in [0.25, 0.3) is 0 Å². The molecule has 11 heavy (non-hydrogen) atoms. The van der Waals surface area contributed by atoms with Crippen LogP contribution in [0.2, 0.25) is 0 Å². The maximum Gasteiger partial charge on any atom is 0.308 e. The summed E-state index contributed by atoms with van der Waals surface area (Å²) in [5.41, 5.74) is 0. The number of ether oxygens (including phenoxy) is 1. The van der Waals surface area contributed by atoms with Crippen LogP contribution in [-0.2, 0) is 9.53 Å². The summed E-state index contributed by atoms with van der Waals surface area (Å²) in [5.74, 6) is 0.0835. The molecule has 0 unspecified atom stereocenters. The predicted molar refractivity (Wildman–Crippen MR) is 42.2 cm³/mol. The van der Waals surface area contributed by atoms with Gasteiger partial charge in [-0.25, -0.2) is 0 Å². The van der Waals surface area contributed by atoms with Crippen LogP contribution in [-0.4, -0.2) is 26.2 Å². The number of carbonyl (C=O) groups is 1. The van der Waals surface area contributed by atoms with E-state index in [0.29, 0.717) is 6.04 Å². The second-order valence-electron chi connectivity index (χ2n) is 3.02. The molecule has 0 spiro atoms. The maximum absolute atomic E-state index is 11.0. The Morgan fingerprint density at radius 2 is 2.27 bits per heavy atom. The summed E-state index contributed by atoms with van der Waals surface area (Å²) >= 11 is 0. The smallest absolute Gasteiger partial charge is 0.308 e. The molecule has 3 nitrogen and oxygen atoms in total. The van der Waals surface area contributed by atoms with Gasteiger partial charge in [0.15, 0.2) is 0 Å². The molecule has 0 radical (unpaired) electrons. The Morgan fingerprint density at radius 1 is 1.55 bits per heavy atom. The van der Waals surface area contributed by atoms with Crippen molar-refractivity contribution in [1.82, 2.24) is 5.32 Å². The zero-order valence-corrected chi connectivity index (χ0v) is 7.09. The molecule has 0 aromatic carbocycles. The number of nitrogens with one attached hydrogen (secondary N) is 1. The Bertz CT molecular complexity index is 147. The fraction of sp³-hybridized carbons (Fsp3) is 0.875. The van der Waals surface area contributed by atoms with Gasteiger partial charge in [0.2, 0.25) is 0 Å². The summed E-state index contributed by atoms with van der Waals surface area (Å²) in [7, 11) is 3.39. The molecule has 0 bridgehead atoms. The van der Waals surface area contributed by atoms with Crippen LogP contribution in [0, 0.1) is 5.92 Å². The van der Waals surface area contributed by atoms with Crippen LogP contribution >= 0.6 is 0 Å². The molecule has 0 aromatic rings. The Morgan fingerprint density at radius 3 is 2.73 bits per heavy atom. The largest absolute Gasteiger partial charge is 0.469 e. The SMILES string of the molecule is CN[C@H]1CC[C@H](C(=O)OC)C1. The van der Waals surface area contributed by atoms with Gasteiger partial charge in [0.25, 0.3) is 0 Å². The van der Waals surface area contributed by atoms with Crippen LogP contribution < -0.4 is 5.32 Å². The van der Waals surface area contributed by atoms with Crippen molar-refractivity contribution in [2.75, 3.05) is 14.2 Å². The van der Waals surface area contributed by atoms with E-state index in [1.807, 2.05) is 7.05 Å². The van der Waals surface area contributed by atoms with Gasteiger partial charge in [-0.2, -0.15) is 0 Å². The van der Waals surface area contributed by atoms with E-state index in [4.69, 9.17) is 0 Å². The lowest BCUT2D eigenvalue weighted by Crippen LogP contribution is -2.23. The van der Waals surface area contributed by atoms with E-state index in [2.05, 4.69) is 10.1 Å². The molecule has 64 valence electrons. The standard InChI is InChI=1S/C8H15NO2/c1-9-7-4-3-6(5-7)8(10)11-2/h6-7,9H,3-5H2,1-2H3/t6-,7-/m0/s1. The van der Waals surface area contributed by atoms with Gasteiger partial charge in [0.1, 0.15) is 0 Å². The van der Waals surface area contributed by atoms with E-state index >= 15 is 0 Å². The molecule has 1 rings (SSSR count). The fourth-order valence-electron chi connectivity index (χ4n) is 1.62. The summed E-state index contributed by atoms with van der Waals surface area (Å²) in [6, 6.07) is 0.513. The Labute approximate surface area is 67.1 Å². The molecule has 1 saturated carbocycles. The van der Waals surface area contributed by atoms with Gasteiger partial charge in [-0.05, 0) is 26.3 Å². The van der Waals surface area contributed by atoms with Crippen molar-refractivity contribution in [2.24, 2.45) is 5.92 Å². The summed E-state index contributed by atoms with van der Waals surface area (Å²) in [5, 5.41) is 3.17. The topological polar surface area (TPSA) is 38.3 Å². The molecular formula is C8H15NO2. The molecule has 2 atom stereocenters. The van der Waals surface area contributed by atoms with E-state index in [0.717, 1.165) is 19.3 Å². The lowest BCUT2D eigenvalue weighted by molar-refractivity contribution is -0.145. The number of esters is 1. The molecule has 3 heteroatoms. The summed E-state index contributed by atoms with van der Waals surface area (Å²) in [6.45, 7) is 0. The van der Waals surface area contributed by atoms with E-state index in [-0.39, 0.29) is 11.9 Å². The van der Waals surface area contributed by atoms with E-state index in [1.54, 1.807) is 0 Å². The molecule has 1 aliphatic carbocycles. The summed E-state index contributed by atoms with van der Waals surface area (Å²) < 4.78 is 4.66. The molecule has 1 aliphatic rings. The summed E-state index contributed by atoms with van der Waals surface area (Å²) in [4.78, 5) is 11.0. The fourth-order valence-corrected chi connectivity index (χ4v) is 1.62. The summed E-state index contributed by atoms with van der Waals surface area (Å²) in [6.07, 6.45) is 3.00. The van der Waals surface area contributed by atoms with Crippen LogP contribution in [0.3, 0.4) is 0 Å². The zero-order chi connectivity index (χ0) is 8.27. The Hall–Kier alpha value is -0.570. The number of hydrogen-bond donors (Lipinski definition) is 1. The number of carbonyl (C=O) groups excluding carboxylic acids is 1. The lowest BCUT2D eigenvalue weighted by Gasteiger charge is -2.07. The number of rotatable bonds is 2. The van der Waals surface area contributed by atoms with Crippen molar-refractivity contribution in [2.45, 2.75) is 25.3 Å². The Kier molecular flexibility index (Phi) is 2.88. The van der Waals surface area contributed by atoms with E-state index in [9.17, 15) is 4.79 Å². The molecule has 1 fully saturated rings. The van der Waals surface area contributed by atoms with E-state index < -0.39 is 0 Å². The predicted octanol–water partition coefficient (Wildman–Crippen LogP) is 0.547. The van der Waals surface area contributed by atoms with Crippen molar-refractivity contribution in [3.05, 3.63) is 0 Å². The molecular weight excluding hydrogens is 142 g/mol. The van der Waals surface area contributed by atoms with Gasteiger partial charge in [0.05, 0.1) is 13.0 Å². The van der Waals surface area contributed by atoms with Crippen molar-refractivity contribution >= 4 is 5.97 Å². The third-order valence-corrected chi connectivity index (χ3v) is 2.38. The van der Waals surface area contributed by atoms with Gasteiger partial charge in [-0.3, -0.25) is 4.79 Å². The zero-order valence-electron chi connectivity index (χ0n) is 7.09. The van der Waals surface area contributed by atoms with Gasteiger partial charge in [0, 0.05) is 6.04 Å². The van der Waals surface area contributed by atoms with Gasteiger partial charge in [-0.15, -0.1) is 0 Å². The van der Waals surface area contributed by atoms with Crippen molar-refractivity contribution in [1.29, 1.82) is 0 Å². The minimum atomic E-state index is -0.0530. The Balaban J connectivity index is 2.35. The van der Waals surface area contributed by atoms with Crippen molar-refractivity contribution in [3.8, 4) is 0 Å². The highest BCUT2D eigenvalue weighted by atomic mass is 16.5. The number of hydrogen-bond acceptors (Lipinski definition) is 3. The van der Waals surface area contributed by atoms with Crippen LogP contribution in [0.4, 0.5) is 0 Å². The molecule has 0 heterocycles. The van der Waals surface area contributed by atoms with Crippen molar-refractivity contribution < 1.29 is 9.53 Å². The van der Waals surface area contributed by atoms with Crippen LogP contribution in [0.5, 0.6) is 0 Å². The average molecular weight is 157 g/mol. The molecule has 0 aromatic heterocycles. The first kappa shape index (κ1) is 8.53. The quantitative estimate of drug-likeness (QED) is 0.595. The van der Waals surface area contributed by atoms with Crippen LogP contribution in [0.1, 0.15) is 19.3 Å². The van der Waals surface area contributed by atoms with Gasteiger partial charge < -0.3 is 10.1 Å². The maximum atomic E-state index is 11.0. The molecule has 1 N–H and O–H groups in total. The number of methoxy groups -OCH3 is 1. The average Bonchev–Trinajstić information content (AvgIpc) is 2.50. The van der Waals surface area contributed by atoms with Crippen molar-refractivity contribution in [3.63, 3.8) is 0 Å². The molecule has 0 saturated heterocycles. The minimum absolute atomic E-state index is 0.0530. The second kappa shape index (κ2) is 3.72. The lowest BCUT2D eigenvalue weighted by atomic mass is 10.1. The first-order valence-electron chi connectivity index (χ1n) is 4.03. The molecule has 0 aliphatic heterocycles. The first-order valence-corrected chi connectivity index (χ1v) is 4.03. The highest BCUT2D eigenvalue weighted by Gasteiger charge is 2.29.